The number of likely N-dealkylation sites (tertiary alicyclic amines) is 1. The summed E-state index contributed by atoms with van der Waals surface area (Å²) in [7, 11) is 3.49. The minimum Gasteiger partial charge on any atom is -0.510 e. The van der Waals surface area contributed by atoms with Gasteiger partial charge in [0, 0.05) is 25.2 Å². The normalized spacial score (nSPS) is 31.9. The van der Waals surface area contributed by atoms with E-state index in [-0.39, 0.29) is 34.0 Å². The van der Waals surface area contributed by atoms with Gasteiger partial charge < -0.3 is 26.2 Å². The van der Waals surface area contributed by atoms with E-state index in [1.54, 1.807) is 25.1 Å². The van der Waals surface area contributed by atoms with Crippen molar-refractivity contribution >= 4 is 17.4 Å². The van der Waals surface area contributed by atoms with Gasteiger partial charge in [-0.3, -0.25) is 19.4 Å². The molecule has 6 unspecified atom stereocenters. The number of piperidine rings is 1. The number of nitrogens with two attached hydrogens (primary N) is 1. The second-order valence-electron chi connectivity index (χ2n) is 14.4. The molecule has 7 atom stereocenters. The van der Waals surface area contributed by atoms with E-state index < -0.39 is 41.1 Å². The van der Waals surface area contributed by atoms with E-state index in [4.69, 9.17) is 5.73 Å². The van der Waals surface area contributed by atoms with Crippen molar-refractivity contribution in [2.45, 2.75) is 58.2 Å². The topological polar surface area (TPSA) is 148 Å². The second-order valence-corrected chi connectivity index (χ2v) is 14.4. The number of primary amides is 1. The average Bonchev–Trinajstić information content (AvgIpc) is 2.91. The number of aliphatic hydroxyl groups excluding tert-OH is 2. The zero-order chi connectivity index (χ0) is 32.5. The van der Waals surface area contributed by atoms with Crippen molar-refractivity contribution in [3.05, 3.63) is 70.0 Å². The fourth-order valence-electron chi connectivity index (χ4n) is 9.17. The maximum atomic E-state index is 14.3. The van der Waals surface area contributed by atoms with E-state index in [0.29, 0.717) is 24.7 Å². The zero-order valence-corrected chi connectivity index (χ0v) is 26.7. The Labute approximate surface area is 264 Å². The van der Waals surface area contributed by atoms with Gasteiger partial charge in [0.05, 0.1) is 23.1 Å². The molecular weight excluding hydrogens is 570 g/mol. The number of hydrogen-bond acceptors (Lipinski definition) is 8. The number of fused-ring (bicyclic) bond motifs is 3. The number of aromatic hydroxyl groups is 1. The van der Waals surface area contributed by atoms with Gasteiger partial charge in [0.1, 0.15) is 22.9 Å². The summed E-state index contributed by atoms with van der Waals surface area (Å²) in [4.78, 5) is 31.0. The van der Waals surface area contributed by atoms with E-state index >= 15 is 0 Å². The van der Waals surface area contributed by atoms with Gasteiger partial charge in [0.2, 0.25) is 0 Å². The molecule has 1 heterocycles. The number of carbonyl (C=O) groups excluding carboxylic acids is 2. The summed E-state index contributed by atoms with van der Waals surface area (Å²) in [6.45, 7) is 8.90. The molecule has 6 rings (SSSR count). The Morgan fingerprint density at radius 2 is 1.76 bits per heavy atom. The zero-order valence-electron chi connectivity index (χ0n) is 26.7. The molecule has 240 valence electrons. The number of phenols is 1. The van der Waals surface area contributed by atoms with Crippen LogP contribution in [0.1, 0.15) is 50.3 Å². The third-order valence-corrected chi connectivity index (χ3v) is 10.6. The van der Waals surface area contributed by atoms with Crippen LogP contribution in [0.5, 0.6) is 5.75 Å². The third-order valence-electron chi connectivity index (χ3n) is 10.6. The number of aliphatic hydroxyl groups is 3. The van der Waals surface area contributed by atoms with Crippen LogP contribution in [-0.4, -0.2) is 80.7 Å². The molecule has 9 nitrogen and oxygen atoms in total. The fourth-order valence-corrected chi connectivity index (χ4v) is 9.17. The fraction of sp³-hybridized carbons (Fsp3) is 0.500. The maximum absolute atomic E-state index is 14.3. The lowest BCUT2D eigenvalue weighted by Crippen LogP contribution is -2.61. The smallest absolute Gasteiger partial charge is 0.251 e. The van der Waals surface area contributed by atoms with Gasteiger partial charge in [0.15, 0.2) is 5.78 Å². The summed E-state index contributed by atoms with van der Waals surface area (Å²) in [5.74, 6) is -3.04. The molecule has 2 aromatic carbocycles. The molecule has 45 heavy (non-hydrogen) atoms. The number of phenolic OH excluding ortho intramolecular Hbond substituents is 1. The highest BCUT2D eigenvalue weighted by atomic mass is 16.3. The van der Waals surface area contributed by atoms with Gasteiger partial charge in [-0.15, -0.1) is 0 Å². The highest BCUT2D eigenvalue weighted by molar-refractivity contribution is 6.08. The van der Waals surface area contributed by atoms with Crippen LogP contribution < -0.4 is 5.73 Å². The molecule has 1 saturated carbocycles. The Bertz CT molecular complexity index is 1610. The standard InChI is InChI=1S/C36H45N3O6/c1-18-11-19(2)16-39(15-18)17-20-7-6-8-21(12-20)23-9-10-26(40)28-24(23)13-22-14-25-29(33(42)27(22)32(28)41)36(3,45)30(35(37)44)34(43)31(25)38(4)5/h6-10,12,18-19,22,25,29,31,40-41,43,45H,11,13-17H2,1-5H3,(H2,37,44)/t18?,19?,22?,25?,29?,31-,36?/m0/s1. The second kappa shape index (κ2) is 11.3. The van der Waals surface area contributed by atoms with Crippen LogP contribution in [-0.2, 0) is 22.6 Å². The summed E-state index contributed by atoms with van der Waals surface area (Å²) >= 11 is 0. The molecule has 3 aliphatic carbocycles. The lowest BCUT2D eigenvalue weighted by Gasteiger charge is -2.52. The Morgan fingerprint density at radius 3 is 2.40 bits per heavy atom. The van der Waals surface area contributed by atoms with Gasteiger partial charge in [0.25, 0.3) is 5.91 Å². The van der Waals surface area contributed by atoms with E-state index in [1.807, 2.05) is 18.2 Å². The van der Waals surface area contributed by atoms with Crippen LogP contribution >= 0.6 is 0 Å². The third kappa shape index (κ3) is 5.15. The number of likely N-dealkylation sites (N-methyl/N-ethyl adjacent to an activating group) is 1. The SMILES string of the molecule is CC1CC(C)CN(Cc2cccc(-c3ccc(O)c4c3CC3CC5C(C(=O)C3=C4O)C(C)(O)C(C(N)=O)=C(O)[C@H]5N(C)C)c2)C1. The molecular formula is C36H45N3O6. The van der Waals surface area contributed by atoms with Gasteiger partial charge in [-0.25, -0.2) is 0 Å². The minimum atomic E-state index is -2.04. The van der Waals surface area contributed by atoms with Crippen LogP contribution in [0.4, 0.5) is 0 Å². The molecule has 4 aliphatic rings. The number of rotatable bonds is 5. The molecule has 0 spiro atoms. The van der Waals surface area contributed by atoms with Gasteiger partial charge in [-0.05, 0) is 98.3 Å². The summed E-state index contributed by atoms with van der Waals surface area (Å²) in [5, 5.41) is 45.6. The molecule has 1 saturated heterocycles. The predicted molar refractivity (Wildman–Crippen MR) is 172 cm³/mol. The molecule has 0 bridgehead atoms. The van der Waals surface area contributed by atoms with Crippen molar-refractivity contribution in [1.82, 2.24) is 9.80 Å². The first kappa shape index (κ1) is 31.3. The van der Waals surface area contributed by atoms with Gasteiger partial charge >= 0.3 is 0 Å². The van der Waals surface area contributed by atoms with Gasteiger partial charge in [-0.2, -0.15) is 0 Å². The van der Waals surface area contributed by atoms with Crippen LogP contribution in [0.3, 0.4) is 0 Å². The van der Waals surface area contributed by atoms with E-state index in [9.17, 15) is 30.0 Å². The lowest BCUT2D eigenvalue weighted by molar-refractivity contribution is -0.139. The number of carbonyl (C=O) groups is 2. The molecule has 1 aliphatic heterocycles. The van der Waals surface area contributed by atoms with Crippen molar-refractivity contribution in [1.29, 1.82) is 0 Å². The lowest BCUT2D eigenvalue weighted by atomic mass is 9.55. The first-order chi connectivity index (χ1) is 21.2. The van der Waals surface area contributed by atoms with Crippen molar-refractivity contribution in [3.8, 4) is 16.9 Å². The summed E-state index contributed by atoms with van der Waals surface area (Å²) in [5.41, 5.74) is 7.34. The summed E-state index contributed by atoms with van der Waals surface area (Å²) in [6.07, 6.45) is 1.99. The predicted octanol–water partition coefficient (Wildman–Crippen LogP) is 4.18. The molecule has 2 aromatic rings. The molecule has 0 radical (unpaired) electrons. The largest absolute Gasteiger partial charge is 0.510 e. The quantitative estimate of drug-likeness (QED) is 0.337. The van der Waals surface area contributed by atoms with E-state index in [0.717, 1.165) is 36.3 Å². The average molecular weight is 616 g/mol. The number of Topliss-reactive ketones (excluding diaryl/α,β-unsaturated/α-hetero) is 1. The maximum Gasteiger partial charge on any atom is 0.251 e. The highest BCUT2D eigenvalue weighted by Crippen LogP contribution is 2.54. The minimum absolute atomic E-state index is 0.128. The molecule has 6 N–H and O–H groups in total. The van der Waals surface area contributed by atoms with Crippen molar-refractivity contribution in [2.75, 3.05) is 27.2 Å². The summed E-state index contributed by atoms with van der Waals surface area (Å²) in [6, 6.07) is 11.1. The van der Waals surface area contributed by atoms with Crippen molar-refractivity contribution in [3.63, 3.8) is 0 Å². The number of benzene rings is 2. The molecule has 0 aromatic heterocycles. The molecule has 1 amide bonds. The number of nitrogens with zero attached hydrogens (tertiary/aromatic N) is 2. The first-order valence-corrected chi connectivity index (χ1v) is 16.0. The van der Waals surface area contributed by atoms with E-state index in [2.05, 4.69) is 30.9 Å². The van der Waals surface area contributed by atoms with E-state index in [1.165, 1.54) is 18.9 Å². The van der Waals surface area contributed by atoms with Crippen molar-refractivity contribution < 1.29 is 30.0 Å². The highest BCUT2D eigenvalue weighted by Gasteiger charge is 2.60. The van der Waals surface area contributed by atoms with Crippen LogP contribution in [0, 0.1) is 29.6 Å². The Hall–Kier alpha value is -3.66. The molecule has 2 fully saturated rings. The number of hydrogen-bond donors (Lipinski definition) is 5. The Kier molecular flexibility index (Phi) is 7.86. The van der Waals surface area contributed by atoms with Crippen LogP contribution in [0.15, 0.2) is 53.3 Å². The number of ketones is 1. The van der Waals surface area contributed by atoms with Crippen molar-refractivity contribution in [2.24, 2.45) is 35.3 Å². The number of allylic oxidation sites excluding steroid dienone is 1. The van der Waals surface area contributed by atoms with Gasteiger partial charge in [-0.1, -0.05) is 38.1 Å². The monoisotopic (exact) mass is 615 g/mol. The Morgan fingerprint density at radius 1 is 1.07 bits per heavy atom. The van der Waals surface area contributed by atoms with Crippen LogP contribution in [0.2, 0.25) is 0 Å². The Balaban J connectivity index is 1.41. The number of amides is 1. The molecule has 9 heteroatoms. The van der Waals surface area contributed by atoms with Crippen LogP contribution in [0.25, 0.3) is 16.9 Å². The summed E-state index contributed by atoms with van der Waals surface area (Å²) < 4.78 is 0. The first-order valence-electron chi connectivity index (χ1n) is 16.0.